The first kappa shape index (κ1) is 18.8. The molecule has 0 amide bonds. The number of hydrogen-bond acceptors (Lipinski definition) is 6. The predicted molar refractivity (Wildman–Crippen MR) is 102 cm³/mol. The fourth-order valence-corrected chi connectivity index (χ4v) is 12.8. The lowest BCUT2D eigenvalue weighted by Gasteiger charge is -2.59. The third-order valence-corrected chi connectivity index (χ3v) is 13.6. The van der Waals surface area contributed by atoms with Crippen molar-refractivity contribution < 1.29 is 27.9 Å². The van der Waals surface area contributed by atoms with Gasteiger partial charge in [-0.1, -0.05) is 41.5 Å². The van der Waals surface area contributed by atoms with Crippen molar-refractivity contribution in [2.24, 2.45) is 0 Å². The van der Waals surface area contributed by atoms with Gasteiger partial charge in [-0.2, -0.15) is 0 Å². The fourth-order valence-electron chi connectivity index (χ4n) is 4.97. The van der Waals surface area contributed by atoms with Crippen LogP contribution >= 0.6 is 10.5 Å². The minimum Gasteiger partial charge on any atom is -0.453 e. The van der Waals surface area contributed by atoms with Crippen molar-refractivity contribution in [2.75, 3.05) is 5.75 Å². The summed E-state index contributed by atoms with van der Waals surface area (Å²) in [6.07, 6.45) is -1.31. The van der Waals surface area contributed by atoms with Gasteiger partial charge >= 0.3 is 14.5 Å². The topological polar surface area (TPSA) is 71.1 Å². The highest BCUT2D eigenvalue weighted by Gasteiger charge is 2.70. The SMILES string of the molecule is CC(=O)C1=S2CC3OC2C2O[Si](C(C)(C)C)(C(C)(C)C)OC3C2OC1=O. The Labute approximate surface area is 158 Å². The van der Waals surface area contributed by atoms with Crippen LogP contribution in [-0.4, -0.2) is 60.8 Å². The second-order valence-corrected chi connectivity index (χ2v) is 16.4. The van der Waals surface area contributed by atoms with Crippen LogP contribution in [0.2, 0.25) is 10.1 Å². The highest BCUT2D eigenvalue weighted by Crippen LogP contribution is 2.60. The summed E-state index contributed by atoms with van der Waals surface area (Å²) in [5.74, 6) is -0.0880. The number of rotatable bonds is 1. The molecule has 26 heavy (non-hydrogen) atoms. The largest absolute Gasteiger partial charge is 0.453 e. The van der Waals surface area contributed by atoms with E-state index in [2.05, 4.69) is 41.5 Å². The molecular formula is C18H28O6SSi. The first-order chi connectivity index (χ1) is 11.9. The van der Waals surface area contributed by atoms with Gasteiger partial charge in [-0.3, -0.25) is 4.79 Å². The van der Waals surface area contributed by atoms with Gasteiger partial charge in [-0.15, -0.1) is 10.5 Å². The van der Waals surface area contributed by atoms with Crippen molar-refractivity contribution >= 4 is 35.7 Å². The minimum atomic E-state index is -2.72. The Morgan fingerprint density at radius 3 is 2.15 bits per heavy atom. The first-order valence-corrected chi connectivity index (χ1v) is 12.4. The monoisotopic (exact) mass is 400 g/mol. The van der Waals surface area contributed by atoms with Gasteiger partial charge in [0.05, 0.1) is 6.10 Å². The molecule has 0 N–H and O–H groups in total. The van der Waals surface area contributed by atoms with E-state index >= 15 is 0 Å². The van der Waals surface area contributed by atoms with Crippen LogP contribution in [0, 0.1) is 0 Å². The third kappa shape index (κ3) is 2.32. The van der Waals surface area contributed by atoms with Gasteiger partial charge in [0.15, 0.2) is 11.9 Å². The van der Waals surface area contributed by atoms with E-state index in [9.17, 15) is 9.59 Å². The van der Waals surface area contributed by atoms with Crippen molar-refractivity contribution in [3.8, 4) is 0 Å². The van der Waals surface area contributed by atoms with Gasteiger partial charge < -0.3 is 18.3 Å². The van der Waals surface area contributed by atoms with Crippen LogP contribution in [0.15, 0.2) is 0 Å². The molecule has 4 aliphatic rings. The van der Waals surface area contributed by atoms with E-state index in [4.69, 9.17) is 18.3 Å². The highest BCUT2D eigenvalue weighted by atomic mass is 32.2. The lowest BCUT2D eigenvalue weighted by molar-refractivity contribution is -0.227. The summed E-state index contributed by atoms with van der Waals surface area (Å²) in [5, 5.41) is -0.319. The molecule has 4 aliphatic heterocycles. The van der Waals surface area contributed by atoms with Crippen molar-refractivity contribution in [3.05, 3.63) is 0 Å². The Balaban J connectivity index is 1.86. The minimum absolute atomic E-state index is 0.146. The molecule has 0 aliphatic carbocycles. The van der Waals surface area contributed by atoms with Gasteiger partial charge in [0.1, 0.15) is 22.5 Å². The van der Waals surface area contributed by atoms with E-state index in [1.807, 2.05) is 0 Å². The van der Waals surface area contributed by atoms with Gasteiger partial charge in [-0.05, 0) is 6.92 Å². The standard InChI is InChI=1S/C18H28O6SSi/c1-9(19)14-15(20)22-12-11-10-8-25(14)16(21-10)13(12)24-26(23-11,17(2,3)4)18(5,6)7/h10-13,16H,8H2,1-7H3. The number of esters is 1. The lowest BCUT2D eigenvalue weighted by Crippen LogP contribution is -2.73. The van der Waals surface area contributed by atoms with Crippen LogP contribution in [-0.2, 0) is 27.9 Å². The van der Waals surface area contributed by atoms with Crippen molar-refractivity contribution in [2.45, 2.75) is 88.4 Å². The van der Waals surface area contributed by atoms with E-state index < -0.39 is 31.1 Å². The maximum absolute atomic E-state index is 12.6. The molecule has 3 saturated heterocycles. The van der Waals surface area contributed by atoms with Crippen LogP contribution in [0.25, 0.3) is 0 Å². The van der Waals surface area contributed by atoms with Crippen LogP contribution in [0.5, 0.6) is 0 Å². The van der Waals surface area contributed by atoms with Crippen molar-refractivity contribution in [3.63, 3.8) is 0 Å². The molecule has 0 aromatic heterocycles. The fraction of sp³-hybridized carbons (Fsp3) is 0.833. The van der Waals surface area contributed by atoms with Gasteiger partial charge in [0, 0.05) is 15.8 Å². The summed E-state index contributed by atoms with van der Waals surface area (Å²) < 4.78 is 25.5. The zero-order valence-electron chi connectivity index (χ0n) is 16.5. The maximum atomic E-state index is 12.6. The van der Waals surface area contributed by atoms with Crippen LogP contribution in [0.3, 0.4) is 0 Å². The average molecular weight is 401 g/mol. The number of ketones is 1. The van der Waals surface area contributed by atoms with Gasteiger partial charge in [0.2, 0.25) is 0 Å². The predicted octanol–water partition coefficient (Wildman–Crippen LogP) is 2.51. The molecular weight excluding hydrogens is 372 g/mol. The summed E-state index contributed by atoms with van der Waals surface area (Å²) >= 11 is 0. The van der Waals surface area contributed by atoms with Crippen LogP contribution in [0.4, 0.5) is 0 Å². The quantitative estimate of drug-likeness (QED) is 0.383. The number of carbonyl (C=O) groups is 2. The second kappa shape index (κ2) is 5.50. The molecule has 0 saturated carbocycles. The van der Waals surface area contributed by atoms with Gasteiger partial charge in [0.25, 0.3) is 0 Å². The smallest absolute Gasteiger partial charge is 0.350 e. The molecule has 0 spiro atoms. The molecule has 5 bridgehead atoms. The number of hydrogen-bond donors (Lipinski definition) is 0. The molecule has 4 heterocycles. The average Bonchev–Trinajstić information content (AvgIpc) is 2.81. The Kier molecular flexibility index (Phi) is 3.98. The Morgan fingerprint density at radius 1 is 1.04 bits per heavy atom. The Morgan fingerprint density at radius 2 is 1.62 bits per heavy atom. The number of carbonyl (C=O) groups excluding carboxylic acids is 2. The summed E-state index contributed by atoms with van der Waals surface area (Å²) in [6, 6.07) is 0. The molecule has 4 rings (SSSR count). The summed E-state index contributed by atoms with van der Waals surface area (Å²) in [5.41, 5.74) is -0.285. The van der Waals surface area contributed by atoms with Crippen molar-refractivity contribution in [1.82, 2.24) is 0 Å². The molecule has 0 aromatic rings. The second-order valence-electron chi connectivity index (χ2n) is 9.68. The van der Waals surface area contributed by atoms with E-state index in [-0.39, 0.29) is 44.5 Å². The Hall–Kier alpha value is -0.543. The molecule has 8 heteroatoms. The van der Waals surface area contributed by atoms with E-state index in [0.717, 1.165) is 0 Å². The van der Waals surface area contributed by atoms with Crippen molar-refractivity contribution in [1.29, 1.82) is 0 Å². The van der Waals surface area contributed by atoms with E-state index in [1.54, 1.807) is 0 Å². The summed E-state index contributed by atoms with van der Waals surface area (Å²) in [4.78, 5) is 25.0. The molecule has 6 unspecified atom stereocenters. The van der Waals surface area contributed by atoms with E-state index in [0.29, 0.717) is 5.75 Å². The number of Topliss-reactive ketones (excluding diaryl/α,β-unsaturated/α-hetero) is 1. The van der Waals surface area contributed by atoms with Gasteiger partial charge in [-0.25, -0.2) is 4.79 Å². The van der Waals surface area contributed by atoms with Crippen LogP contribution < -0.4 is 0 Å². The number of ether oxygens (including phenoxy) is 2. The van der Waals surface area contributed by atoms with Crippen LogP contribution in [0.1, 0.15) is 48.5 Å². The molecule has 146 valence electrons. The zero-order chi connectivity index (χ0) is 19.2. The summed E-state index contributed by atoms with van der Waals surface area (Å²) in [7, 11) is -3.32. The molecule has 6 nitrogen and oxygen atoms in total. The lowest BCUT2D eigenvalue weighted by atomic mass is 10.0. The third-order valence-electron chi connectivity index (χ3n) is 5.80. The first-order valence-electron chi connectivity index (χ1n) is 9.17. The summed E-state index contributed by atoms with van der Waals surface area (Å²) in [6.45, 7) is 14.4. The molecule has 6 atom stereocenters. The molecule has 0 radical (unpaired) electrons. The Bertz CT molecular complexity index is 704. The number of fused-ring (bicyclic) bond motifs is 2. The zero-order valence-corrected chi connectivity index (χ0v) is 18.3. The molecule has 3 fully saturated rings. The maximum Gasteiger partial charge on any atom is 0.350 e. The highest BCUT2D eigenvalue weighted by molar-refractivity contribution is 8.18. The normalized spacial score (nSPS) is 41.0. The van der Waals surface area contributed by atoms with E-state index in [1.165, 1.54) is 6.92 Å². The molecule has 0 aromatic carbocycles.